The molecule has 3 aliphatic carbocycles. The van der Waals surface area contributed by atoms with Crippen molar-refractivity contribution in [2.24, 2.45) is 11.3 Å². The number of nitrogens with one attached hydrogen (secondary N) is 2. The lowest BCUT2D eigenvalue weighted by Gasteiger charge is -2.37. The molecule has 1 aromatic rings. The number of carbonyl (C=O) groups excluding carboxylic acids is 1. The summed E-state index contributed by atoms with van der Waals surface area (Å²) in [5.74, 6) is -3.37. The number of benzene rings is 1. The number of fused-ring (bicyclic) bond motifs is 2. The molecule has 4 rings (SSSR count). The van der Waals surface area contributed by atoms with E-state index in [9.17, 15) is 27.1 Å². The Morgan fingerprint density at radius 3 is 2.48 bits per heavy atom. The quantitative estimate of drug-likeness (QED) is 0.491. The molecule has 3 fully saturated rings. The maximum Gasteiger partial charge on any atom is 0.223 e. The molecule has 184 valence electrons. The lowest BCUT2D eigenvalue weighted by atomic mass is 9.74. The number of alkyl halides is 1. The molecule has 0 spiro atoms. The van der Waals surface area contributed by atoms with E-state index in [0.717, 1.165) is 12.1 Å². The van der Waals surface area contributed by atoms with Gasteiger partial charge in [-0.15, -0.1) is 0 Å². The molecule has 4 atom stereocenters. The Bertz CT molecular complexity index is 1050. The van der Waals surface area contributed by atoms with Crippen LogP contribution < -0.4 is 10.0 Å². The molecule has 3 unspecified atom stereocenters. The molecule has 1 aromatic carbocycles. The summed E-state index contributed by atoms with van der Waals surface area (Å²) >= 11 is 5.91. The third kappa shape index (κ3) is 4.63. The number of hydrogen-bond acceptors (Lipinski definition) is 4. The van der Waals surface area contributed by atoms with Crippen molar-refractivity contribution >= 4 is 27.5 Å². The van der Waals surface area contributed by atoms with Crippen molar-refractivity contribution in [3.8, 4) is 0 Å². The highest BCUT2D eigenvalue weighted by atomic mass is 35.5. The Hall–Kier alpha value is -1.36. The zero-order valence-electron chi connectivity index (χ0n) is 18.2. The molecule has 3 saturated carbocycles. The summed E-state index contributed by atoms with van der Waals surface area (Å²) in [5, 5.41) is 12.7. The molecule has 11 heteroatoms. The van der Waals surface area contributed by atoms with Gasteiger partial charge in [0.25, 0.3) is 0 Å². The first-order valence-electron chi connectivity index (χ1n) is 11.2. The van der Waals surface area contributed by atoms with Crippen molar-refractivity contribution in [2.45, 2.75) is 75.7 Å². The highest BCUT2D eigenvalue weighted by Gasteiger charge is 2.59. The number of sulfonamides is 1. The molecule has 6 nitrogen and oxygen atoms in total. The van der Waals surface area contributed by atoms with Gasteiger partial charge in [-0.1, -0.05) is 11.6 Å². The van der Waals surface area contributed by atoms with Crippen LogP contribution in [-0.2, 0) is 14.8 Å². The fourth-order valence-corrected chi connectivity index (χ4v) is 6.89. The fraction of sp³-hybridized carbons (Fsp3) is 0.682. The molecule has 0 saturated heterocycles. The molecule has 3 aliphatic rings. The van der Waals surface area contributed by atoms with Crippen LogP contribution >= 0.6 is 11.6 Å². The SMILES string of the molecule is CCS(=O)(=O)NC1CC(C(=O)N[C@H](c2c(F)ccc(Cl)c2F)C23CCC(F)(CC2)C3)CC1O. The largest absolute Gasteiger partial charge is 0.391 e. The first-order chi connectivity index (χ1) is 15.4. The summed E-state index contributed by atoms with van der Waals surface area (Å²) in [6, 6.07) is 0.149. The van der Waals surface area contributed by atoms with Gasteiger partial charge in [0.1, 0.15) is 17.3 Å². The number of aliphatic hydroxyl groups excluding tert-OH is 1. The molecule has 33 heavy (non-hydrogen) atoms. The van der Waals surface area contributed by atoms with Crippen molar-refractivity contribution < 1.29 is 31.5 Å². The van der Waals surface area contributed by atoms with E-state index in [1.807, 2.05) is 0 Å². The second kappa shape index (κ2) is 8.70. The van der Waals surface area contributed by atoms with Crippen LogP contribution in [-0.4, -0.2) is 43.0 Å². The predicted molar refractivity (Wildman–Crippen MR) is 117 cm³/mol. The predicted octanol–water partition coefficient (Wildman–Crippen LogP) is 3.53. The van der Waals surface area contributed by atoms with Gasteiger partial charge >= 0.3 is 0 Å². The highest BCUT2D eigenvalue weighted by Crippen LogP contribution is 2.63. The summed E-state index contributed by atoms with van der Waals surface area (Å²) in [6.45, 7) is 1.46. The summed E-state index contributed by atoms with van der Waals surface area (Å²) in [6.07, 6.45) is 0.295. The van der Waals surface area contributed by atoms with Crippen LogP contribution in [0, 0.1) is 23.0 Å². The third-order valence-electron chi connectivity index (χ3n) is 7.69. The Morgan fingerprint density at radius 2 is 1.91 bits per heavy atom. The number of rotatable bonds is 7. The Morgan fingerprint density at radius 1 is 1.24 bits per heavy atom. The minimum absolute atomic E-state index is 0.00396. The van der Waals surface area contributed by atoms with E-state index >= 15 is 4.39 Å². The molecule has 3 N–H and O–H groups in total. The van der Waals surface area contributed by atoms with Gasteiger partial charge in [0, 0.05) is 17.5 Å². The van der Waals surface area contributed by atoms with E-state index in [4.69, 9.17) is 11.6 Å². The minimum atomic E-state index is -3.59. The normalized spacial score (nSPS) is 34.5. The minimum Gasteiger partial charge on any atom is -0.391 e. The van der Waals surface area contributed by atoms with E-state index in [1.165, 1.54) is 6.92 Å². The summed E-state index contributed by atoms with van der Waals surface area (Å²) in [4.78, 5) is 13.2. The van der Waals surface area contributed by atoms with Crippen LogP contribution in [0.4, 0.5) is 13.2 Å². The summed E-state index contributed by atoms with van der Waals surface area (Å²) in [5.41, 5.74) is -2.65. The Labute approximate surface area is 196 Å². The Balaban J connectivity index is 1.61. The molecule has 0 aromatic heterocycles. The molecule has 0 aliphatic heterocycles. The molecular formula is C22H28ClF3N2O4S. The number of halogens is 4. The van der Waals surface area contributed by atoms with Crippen molar-refractivity contribution in [1.82, 2.24) is 10.0 Å². The van der Waals surface area contributed by atoms with E-state index in [2.05, 4.69) is 10.0 Å². The fourth-order valence-electron chi connectivity index (χ4n) is 5.84. The standard InChI is InChI=1S/C22H28ClF3N2O4S/c1-2-33(31,32)28-15-9-12(10-16(15)29)20(30)27-19(17-14(24)4-3-13(23)18(17)25)21-5-7-22(26,11-21)8-6-21/h3-4,12,15-16,19,28-29H,2,5-11H2,1H3,(H,27,30)/t12?,15?,16?,19-,21?,22?/m1/s1. The highest BCUT2D eigenvalue weighted by molar-refractivity contribution is 7.89. The van der Waals surface area contributed by atoms with Crippen molar-refractivity contribution in [3.63, 3.8) is 0 Å². The number of carbonyl (C=O) groups is 1. The molecule has 0 heterocycles. The van der Waals surface area contributed by atoms with E-state index in [-0.39, 0.29) is 48.4 Å². The van der Waals surface area contributed by atoms with Crippen LogP contribution in [0.1, 0.15) is 63.5 Å². The van der Waals surface area contributed by atoms with Crippen molar-refractivity contribution in [2.75, 3.05) is 5.75 Å². The summed E-state index contributed by atoms with van der Waals surface area (Å²) in [7, 11) is -3.59. The maximum atomic E-state index is 15.0. The number of aliphatic hydroxyl groups is 1. The Kier molecular flexibility index (Phi) is 6.52. The van der Waals surface area contributed by atoms with Gasteiger partial charge in [0.05, 0.1) is 22.9 Å². The second-order valence-corrected chi connectivity index (χ2v) is 12.2. The van der Waals surface area contributed by atoms with Crippen molar-refractivity contribution in [1.29, 1.82) is 0 Å². The average molecular weight is 509 g/mol. The average Bonchev–Trinajstić information content (AvgIpc) is 3.41. The van der Waals surface area contributed by atoms with E-state index < -0.39 is 62.8 Å². The molecule has 0 radical (unpaired) electrons. The first kappa shape index (κ1) is 24.8. The smallest absolute Gasteiger partial charge is 0.223 e. The van der Waals surface area contributed by atoms with Gasteiger partial charge in [-0.25, -0.2) is 26.3 Å². The van der Waals surface area contributed by atoms with Gasteiger partial charge in [0.15, 0.2) is 0 Å². The zero-order valence-corrected chi connectivity index (χ0v) is 19.8. The molecule has 1 amide bonds. The number of hydrogen-bond donors (Lipinski definition) is 3. The van der Waals surface area contributed by atoms with E-state index in [0.29, 0.717) is 12.8 Å². The molecular weight excluding hydrogens is 481 g/mol. The van der Waals surface area contributed by atoms with Crippen LogP contribution in [0.25, 0.3) is 0 Å². The van der Waals surface area contributed by atoms with Gasteiger partial charge in [-0.3, -0.25) is 4.79 Å². The first-order valence-corrected chi connectivity index (χ1v) is 13.2. The topological polar surface area (TPSA) is 95.5 Å². The summed E-state index contributed by atoms with van der Waals surface area (Å²) < 4.78 is 71.0. The zero-order chi connectivity index (χ0) is 24.2. The van der Waals surface area contributed by atoms with E-state index in [1.54, 1.807) is 0 Å². The maximum absolute atomic E-state index is 15.0. The lowest BCUT2D eigenvalue weighted by Crippen LogP contribution is -2.43. The lowest BCUT2D eigenvalue weighted by molar-refractivity contribution is -0.127. The van der Waals surface area contributed by atoms with Crippen LogP contribution in [0.5, 0.6) is 0 Å². The van der Waals surface area contributed by atoms with Crippen LogP contribution in [0.15, 0.2) is 12.1 Å². The van der Waals surface area contributed by atoms with Gasteiger partial charge in [-0.05, 0) is 69.4 Å². The second-order valence-electron chi connectivity index (χ2n) is 9.75. The van der Waals surface area contributed by atoms with Crippen LogP contribution in [0.3, 0.4) is 0 Å². The third-order valence-corrected chi connectivity index (χ3v) is 9.40. The monoisotopic (exact) mass is 508 g/mol. The van der Waals surface area contributed by atoms with Gasteiger partial charge < -0.3 is 10.4 Å². The number of amides is 1. The van der Waals surface area contributed by atoms with Crippen LogP contribution in [0.2, 0.25) is 5.02 Å². The van der Waals surface area contributed by atoms with Gasteiger partial charge in [0.2, 0.25) is 15.9 Å². The van der Waals surface area contributed by atoms with Crippen molar-refractivity contribution in [3.05, 3.63) is 34.4 Å². The molecule has 2 bridgehead atoms. The van der Waals surface area contributed by atoms with Gasteiger partial charge in [-0.2, -0.15) is 0 Å².